The zero-order valence-electron chi connectivity index (χ0n) is 51.3. The van der Waals surface area contributed by atoms with Gasteiger partial charge in [0.25, 0.3) is 0 Å². The summed E-state index contributed by atoms with van der Waals surface area (Å²) in [4.78, 5) is 50.4. The van der Waals surface area contributed by atoms with Crippen molar-refractivity contribution in [3.8, 4) is 114 Å². The lowest BCUT2D eigenvalue weighted by Gasteiger charge is -2.21. The second-order valence-corrected chi connectivity index (χ2v) is 23.5. The van der Waals surface area contributed by atoms with Crippen LogP contribution in [-0.4, -0.2) is 54.0 Å². The molecule has 5 aromatic heterocycles. The maximum atomic E-state index is 10.0. The predicted octanol–water partition coefficient (Wildman–Crippen LogP) is 19.2. The molecule has 16 aromatic rings. The molecule has 0 saturated heterocycles. The van der Waals surface area contributed by atoms with E-state index in [0.717, 1.165) is 111 Å². The molecule has 448 valence electrons. The molecule has 5 heterocycles. The second-order valence-electron chi connectivity index (χ2n) is 23.5. The molecule has 0 spiro atoms. The van der Waals surface area contributed by atoms with Gasteiger partial charge < -0.3 is 9.13 Å². The average Bonchev–Trinajstić information content (AvgIpc) is 1.55. The highest BCUT2D eigenvalue weighted by molar-refractivity contribution is 6.12. The predicted molar refractivity (Wildman–Crippen MR) is 380 cm³/mol. The van der Waals surface area contributed by atoms with Crippen molar-refractivity contribution in [3.63, 3.8) is 0 Å². The number of hydrogen-bond donors (Lipinski definition) is 0. The number of nitriles is 1. The normalized spacial score (nSPS) is 13.0. The maximum Gasteiger partial charge on any atom is 0.178 e. The minimum absolute atomic E-state index is 0.440. The minimum atomic E-state index is -0.510. The van der Waals surface area contributed by atoms with E-state index in [2.05, 4.69) is 123 Å². The quantitative estimate of drug-likeness (QED) is 0.108. The Morgan fingerprint density at radius 3 is 1.20 bits per heavy atom. The summed E-state index contributed by atoms with van der Waals surface area (Å²) >= 11 is 0. The first-order chi connectivity index (χ1) is 47.5. The van der Waals surface area contributed by atoms with Crippen LogP contribution in [0.25, 0.3) is 162 Å². The summed E-state index contributed by atoms with van der Waals surface area (Å²) < 4.78 is 4.52. The molecule has 1 aliphatic rings. The molecule has 1 unspecified atom stereocenters. The Bertz CT molecular complexity index is 5760. The van der Waals surface area contributed by atoms with E-state index < -0.39 is 5.92 Å². The van der Waals surface area contributed by atoms with E-state index >= 15 is 0 Å². The van der Waals surface area contributed by atoms with Gasteiger partial charge >= 0.3 is 0 Å². The molecule has 96 heavy (non-hydrogen) atoms. The van der Waals surface area contributed by atoms with Crippen LogP contribution in [0.15, 0.2) is 297 Å². The minimum Gasteiger partial charge on any atom is -0.311 e. The van der Waals surface area contributed by atoms with Crippen LogP contribution >= 0.6 is 0 Å². The van der Waals surface area contributed by atoms with E-state index in [9.17, 15) is 5.26 Å². The molecule has 0 fully saturated rings. The molecule has 0 aliphatic heterocycles. The van der Waals surface area contributed by atoms with Crippen LogP contribution in [0, 0.1) is 17.9 Å². The van der Waals surface area contributed by atoms with Gasteiger partial charge in [-0.05, 0) is 102 Å². The first-order valence-electron chi connectivity index (χ1n) is 31.5. The molecular weight excluding hydrogens is 1180 g/mol. The van der Waals surface area contributed by atoms with Crippen molar-refractivity contribution in [1.82, 2.24) is 54.0 Å². The van der Waals surface area contributed by atoms with Crippen molar-refractivity contribution in [2.75, 3.05) is 0 Å². The SMILES string of the molecule is [C-]#[N+]C1=CC(n2c3ccccc3c3cc(-c4nc(-c5ccccc5)nc(-c5ccccc5)n4)ccc32)=CCC1c1nc(-c2ccccc2)nc(-c2ccc(-n3c4ccccc4c4cc(-c5nc(-c6ccccc6)nc(-c6ccccc6)n5)ccc43)cc2-c2ccc(C#N)cc2)n1. The van der Waals surface area contributed by atoms with Crippen LogP contribution in [0.2, 0.25) is 0 Å². The number of fused-ring (bicyclic) bond motifs is 6. The van der Waals surface area contributed by atoms with Crippen molar-refractivity contribution >= 4 is 49.3 Å². The smallest absolute Gasteiger partial charge is 0.178 e. The third kappa shape index (κ3) is 10.3. The van der Waals surface area contributed by atoms with Gasteiger partial charge in [0.2, 0.25) is 0 Å². The fraction of sp³-hybridized carbons (Fsp3) is 0.0241. The van der Waals surface area contributed by atoms with E-state index in [1.807, 2.05) is 188 Å². The van der Waals surface area contributed by atoms with Crippen molar-refractivity contribution in [1.29, 1.82) is 5.26 Å². The Labute approximate surface area is 551 Å². The highest BCUT2D eigenvalue weighted by Gasteiger charge is 2.29. The van der Waals surface area contributed by atoms with Crippen molar-refractivity contribution < 1.29 is 0 Å². The number of aromatic nitrogens is 11. The fourth-order valence-electron chi connectivity index (χ4n) is 13.0. The lowest BCUT2D eigenvalue weighted by molar-refractivity contribution is 0.737. The fourth-order valence-corrected chi connectivity index (χ4v) is 13.0. The Morgan fingerprint density at radius 2 is 0.729 bits per heavy atom. The van der Waals surface area contributed by atoms with Gasteiger partial charge in [-0.2, -0.15) is 5.26 Å². The highest BCUT2D eigenvalue weighted by Crippen LogP contribution is 2.43. The maximum absolute atomic E-state index is 10.0. The van der Waals surface area contributed by atoms with Crippen LogP contribution in [0.3, 0.4) is 0 Å². The summed E-state index contributed by atoms with van der Waals surface area (Å²) in [5.41, 5.74) is 15.3. The van der Waals surface area contributed by atoms with Crippen LogP contribution in [0.4, 0.5) is 0 Å². The highest BCUT2D eigenvalue weighted by atomic mass is 15.1. The van der Waals surface area contributed by atoms with Gasteiger partial charge in [0.15, 0.2) is 52.3 Å². The summed E-state index contributed by atoms with van der Waals surface area (Å²) in [5, 5.41) is 14.2. The molecule has 0 radical (unpaired) electrons. The molecule has 11 aromatic carbocycles. The van der Waals surface area contributed by atoms with Gasteiger partial charge in [-0.25, -0.2) is 49.7 Å². The van der Waals surface area contributed by atoms with Gasteiger partial charge in [-0.15, -0.1) is 0 Å². The van der Waals surface area contributed by atoms with Gasteiger partial charge in [0, 0.05) is 77.4 Å². The molecular formula is C83H51N13. The standard InChI is InChI=1S/C83H51N13/c1-85-70-50-62(96-72-34-20-18-32-64(72)69-48-60(40-46-74(69)96)81-90-77(56-25-11-4-12-26-56)87-78(91-81)57-27-13-5-14-28-57)42-44-66(70)83-93-79(58-29-15-6-16-30-58)92-82(94-83)65-43-41-61(49-67(65)53-37-35-52(51-84)36-38-53)95-71-33-19-17-31-63(71)68-47-59(39-45-73(68)95)80-88-75(54-21-7-2-8-22-54)86-76(89-80)55-23-9-3-10-24-55/h2-43,45-50,66H,44H2. The van der Waals surface area contributed by atoms with E-state index in [0.29, 0.717) is 70.1 Å². The summed E-state index contributed by atoms with van der Waals surface area (Å²) in [5.74, 6) is 4.38. The van der Waals surface area contributed by atoms with Crippen LogP contribution < -0.4 is 0 Å². The summed E-state index contributed by atoms with van der Waals surface area (Å²) in [6.45, 7) is 8.86. The largest absolute Gasteiger partial charge is 0.311 e. The number of para-hydroxylation sites is 2. The molecule has 1 atom stereocenters. The lowest BCUT2D eigenvalue weighted by atomic mass is 9.94. The summed E-state index contributed by atoms with van der Waals surface area (Å²) in [6, 6.07) is 95.7. The number of nitrogens with zero attached hydrogens (tertiary/aromatic N) is 13. The Morgan fingerprint density at radius 1 is 0.344 bits per heavy atom. The number of hydrogen-bond acceptors (Lipinski definition) is 10. The van der Waals surface area contributed by atoms with Crippen molar-refractivity contribution in [2.45, 2.75) is 12.3 Å². The Balaban J connectivity index is 0.768. The zero-order valence-corrected chi connectivity index (χ0v) is 51.3. The van der Waals surface area contributed by atoms with E-state index in [1.54, 1.807) is 0 Å². The summed E-state index contributed by atoms with van der Waals surface area (Å²) in [7, 11) is 0. The zero-order chi connectivity index (χ0) is 64.1. The first kappa shape index (κ1) is 56.5. The molecule has 0 amide bonds. The van der Waals surface area contributed by atoms with Gasteiger partial charge in [0.05, 0.1) is 46.2 Å². The summed E-state index contributed by atoms with van der Waals surface area (Å²) in [6.07, 6.45) is 4.61. The number of allylic oxidation sites excluding steroid dienone is 4. The molecule has 0 saturated carbocycles. The molecule has 0 N–H and O–H groups in total. The molecule has 0 bridgehead atoms. The van der Waals surface area contributed by atoms with Crippen molar-refractivity contribution in [2.24, 2.45) is 0 Å². The molecule has 13 nitrogen and oxygen atoms in total. The number of benzene rings is 11. The topological polar surface area (TPSA) is 154 Å². The molecule has 17 rings (SSSR count). The van der Waals surface area contributed by atoms with Crippen molar-refractivity contribution in [3.05, 3.63) is 320 Å². The second kappa shape index (κ2) is 24.0. The van der Waals surface area contributed by atoms with E-state index in [4.69, 9.17) is 51.4 Å². The number of rotatable bonds is 12. The average molecular weight is 1230 g/mol. The Kier molecular flexibility index (Phi) is 14.1. The molecule has 13 heteroatoms. The van der Waals surface area contributed by atoms with Gasteiger partial charge in [-0.1, -0.05) is 206 Å². The van der Waals surface area contributed by atoms with E-state index in [-0.39, 0.29) is 0 Å². The third-order valence-electron chi connectivity index (χ3n) is 17.7. The van der Waals surface area contributed by atoms with Gasteiger partial charge in [-0.3, -0.25) is 0 Å². The van der Waals surface area contributed by atoms with Gasteiger partial charge in [0.1, 0.15) is 5.82 Å². The first-order valence-corrected chi connectivity index (χ1v) is 31.5. The monoisotopic (exact) mass is 1230 g/mol. The molecule has 1 aliphatic carbocycles. The van der Waals surface area contributed by atoms with Crippen LogP contribution in [0.1, 0.15) is 23.7 Å². The third-order valence-corrected chi connectivity index (χ3v) is 17.7. The Hall–Kier alpha value is -13.5. The lowest BCUT2D eigenvalue weighted by Crippen LogP contribution is -2.13. The van der Waals surface area contributed by atoms with E-state index in [1.165, 1.54) is 0 Å². The van der Waals surface area contributed by atoms with Crippen LogP contribution in [-0.2, 0) is 0 Å². The van der Waals surface area contributed by atoms with Crippen LogP contribution in [0.5, 0.6) is 0 Å².